The largest absolute Gasteiger partial charge is 0.447 e. The number of fused-ring (bicyclic) bond motifs is 1. The molecule has 3 rings (SSSR count). The van der Waals surface area contributed by atoms with Gasteiger partial charge in [-0.25, -0.2) is 13.2 Å². The fourth-order valence-electron chi connectivity index (χ4n) is 6.08. The van der Waals surface area contributed by atoms with Gasteiger partial charge in [-0.15, -0.1) is 11.6 Å². The predicted octanol–water partition coefficient (Wildman–Crippen LogP) is 3.44. The van der Waals surface area contributed by atoms with Crippen LogP contribution in [0.3, 0.4) is 0 Å². The number of halogens is 1. The van der Waals surface area contributed by atoms with E-state index in [9.17, 15) is 18.0 Å². The predicted molar refractivity (Wildman–Crippen MR) is 121 cm³/mol. The van der Waals surface area contributed by atoms with E-state index in [1.807, 2.05) is 30.6 Å². The van der Waals surface area contributed by atoms with Crippen molar-refractivity contribution in [3.8, 4) is 0 Å². The third-order valence-corrected chi connectivity index (χ3v) is 9.32. The topological polar surface area (TPSA) is 84.0 Å². The van der Waals surface area contributed by atoms with E-state index in [-0.39, 0.29) is 53.4 Å². The molecule has 3 fully saturated rings. The van der Waals surface area contributed by atoms with Crippen LogP contribution in [0, 0.1) is 11.8 Å². The lowest BCUT2D eigenvalue weighted by molar-refractivity contribution is -0.142. The Hall–Kier alpha value is -1.02. The van der Waals surface area contributed by atoms with E-state index in [0.29, 0.717) is 19.4 Å². The van der Waals surface area contributed by atoms with Crippen molar-refractivity contribution in [2.75, 3.05) is 12.8 Å². The molecule has 3 aliphatic rings. The van der Waals surface area contributed by atoms with Gasteiger partial charge in [-0.1, -0.05) is 0 Å². The zero-order valence-corrected chi connectivity index (χ0v) is 20.9. The Bertz CT molecular complexity index is 789. The molecule has 0 spiro atoms. The van der Waals surface area contributed by atoms with Crippen LogP contribution in [-0.4, -0.2) is 77.9 Å². The van der Waals surface area contributed by atoms with Crippen LogP contribution in [-0.2, 0) is 19.4 Å². The fourth-order valence-corrected chi connectivity index (χ4v) is 7.81. The number of carbonyl (C=O) groups excluding carboxylic acids is 2. The summed E-state index contributed by atoms with van der Waals surface area (Å²) in [4.78, 5) is 29.1. The molecule has 7 atom stereocenters. The minimum atomic E-state index is -3.14. The van der Waals surface area contributed by atoms with Gasteiger partial charge in [-0.3, -0.25) is 4.79 Å². The SMILES string of the molecule is CC(=O)N1C2CCC(C3CC(Cl)CC(S(C)(=O)=O)C3)CC2N(C(=O)OC(C)C)C[C@@H]1C. The second-order valence-electron chi connectivity index (χ2n) is 10.1. The Labute approximate surface area is 191 Å². The Morgan fingerprint density at radius 2 is 1.71 bits per heavy atom. The molecular weight excluding hydrogens is 440 g/mol. The number of alkyl halides is 1. The van der Waals surface area contributed by atoms with Crippen LogP contribution in [0.1, 0.15) is 66.2 Å². The summed E-state index contributed by atoms with van der Waals surface area (Å²) in [6.07, 6.45) is 5.18. The number of hydrogen-bond acceptors (Lipinski definition) is 5. The molecule has 0 aromatic heterocycles. The minimum absolute atomic E-state index is 0.0293. The Kier molecular flexibility index (Phi) is 7.51. The van der Waals surface area contributed by atoms with Crippen LogP contribution in [0.15, 0.2) is 0 Å². The van der Waals surface area contributed by atoms with Gasteiger partial charge in [0.15, 0.2) is 0 Å². The van der Waals surface area contributed by atoms with E-state index in [1.54, 1.807) is 6.92 Å². The van der Waals surface area contributed by atoms with E-state index in [4.69, 9.17) is 16.3 Å². The molecule has 31 heavy (non-hydrogen) atoms. The lowest BCUT2D eigenvalue weighted by Gasteiger charge is -2.54. The van der Waals surface area contributed by atoms with Crippen molar-refractivity contribution in [1.82, 2.24) is 9.80 Å². The van der Waals surface area contributed by atoms with Gasteiger partial charge in [0, 0.05) is 31.1 Å². The lowest BCUT2D eigenvalue weighted by atomic mass is 9.69. The van der Waals surface area contributed by atoms with Gasteiger partial charge in [0.05, 0.1) is 23.4 Å². The average Bonchev–Trinajstić information content (AvgIpc) is 2.64. The molecule has 0 radical (unpaired) electrons. The summed E-state index contributed by atoms with van der Waals surface area (Å²) in [7, 11) is -3.14. The monoisotopic (exact) mass is 476 g/mol. The first kappa shape index (κ1) is 24.6. The molecule has 2 amide bonds. The molecule has 178 valence electrons. The molecule has 2 aliphatic carbocycles. The molecular formula is C22H37ClN2O5S. The second-order valence-corrected chi connectivity index (χ2v) is 13.0. The van der Waals surface area contributed by atoms with Gasteiger partial charge in [0.2, 0.25) is 5.91 Å². The number of nitrogens with zero attached hydrogens (tertiary/aromatic N) is 2. The normalized spacial score (nSPS) is 36.8. The Morgan fingerprint density at radius 1 is 1.03 bits per heavy atom. The highest BCUT2D eigenvalue weighted by Crippen LogP contribution is 2.44. The number of hydrogen-bond donors (Lipinski definition) is 0. The number of rotatable bonds is 3. The first-order valence-corrected chi connectivity index (χ1v) is 13.9. The molecule has 6 unspecified atom stereocenters. The van der Waals surface area contributed by atoms with Gasteiger partial charge < -0.3 is 14.5 Å². The van der Waals surface area contributed by atoms with Crippen molar-refractivity contribution in [3.05, 3.63) is 0 Å². The maximum Gasteiger partial charge on any atom is 0.410 e. The van der Waals surface area contributed by atoms with Crippen LogP contribution < -0.4 is 0 Å². The number of piperazine rings is 1. The third kappa shape index (κ3) is 5.49. The summed E-state index contributed by atoms with van der Waals surface area (Å²) in [6.45, 7) is 7.70. The summed E-state index contributed by atoms with van der Waals surface area (Å²) in [5, 5.41) is -0.535. The van der Waals surface area contributed by atoms with E-state index in [2.05, 4.69) is 0 Å². The molecule has 1 saturated heterocycles. The smallest absolute Gasteiger partial charge is 0.410 e. The molecule has 2 saturated carbocycles. The standard InChI is InChI=1S/C22H37ClN2O5S/c1-13(2)30-22(27)24-12-14(3)25(15(4)26)20-7-6-16(10-21(20)24)17-8-18(23)11-19(9-17)31(5,28)29/h13-14,16-21H,6-12H2,1-5H3/t14-,16?,17?,18?,19?,20?,21?/m0/s1. The lowest BCUT2D eigenvalue weighted by Crippen LogP contribution is -2.67. The van der Waals surface area contributed by atoms with E-state index < -0.39 is 15.1 Å². The second kappa shape index (κ2) is 9.46. The summed E-state index contributed by atoms with van der Waals surface area (Å²) in [5.74, 6) is 0.530. The number of carbonyl (C=O) groups is 2. The summed E-state index contributed by atoms with van der Waals surface area (Å²) in [5.41, 5.74) is 0. The van der Waals surface area contributed by atoms with Crippen molar-refractivity contribution < 1.29 is 22.7 Å². The summed E-state index contributed by atoms with van der Waals surface area (Å²) >= 11 is 6.49. The van der Waals surface area contributed by atoms with Gasteiger partial charge in [0.25, 0.3) is 0 Å². The molecule has 9 heteroatoms. The first-order chi connectivity index (χ1) is 14.4. The van der Waals surface area contributed by atoms with E-state index in [1.165, 1.54) is 6.26 Å². The van der Waals surface area contributed by atoms with Gasteiger partial charge >= 0.3 is 6.09 Å². The van der Waals surface area contributed by atoms with Crippen molar-refractivity contribution in [3.63, 3.8) is 0 Å². The van der Waals surface area contributed by atoms with Gasteiger partial charge in [-0.05, 0) is 71.1 Å². The summed E-state index contributed by atoms with van der Waals surface area (Å²) in [6, 6.07) is -0.206. The van der Waals surface area contributed by atoms with E-state index in [0.717, 1.165) is 25.7 Å². The van der Waals surface area contributed by atoms with Gasteiger partial charge in [-0.2, -0.15) is 0 Å². The molecule has 1 aliphatic heterocycles. The molecule has 0 aromatic carbocycles. The summed E-state index contributed by atoms with van der Waals surface area (Å²) < 4.78 is 30.0. The maximum atomic E-state index is 12.9. The Balaban J connectivity index is 1.83. The highest BCUT2D eigenvalue weighted by molar-refractivity contribution is 7.91. The van der Waals surface area contributed by atoms with Crippen LogP contribution in [0.5, 0.6) is 0 Å². The quantitative estimate of drug-likeness (QED) is 0.582. The fraction of sp³-hybridized carbons (Fsp3) is 0.909. The van der Waals surface area contributed by atoms with Gasteiger partial charge in [0.1, 0.15) is 9.84 Å². The zero-order chi connectivity index (χ0) is 23.1. The van der Waals surface area contributed by atoms with E-state index >= 15 is 0 Å². The first-order valence-electron chi connectivity index (χ1n) is 11.5. The number of amides is 2. The third-order valence-electron chi connectivity index (χ3n) is 7.36. The van der Waals surface area contributed by atoms with Crippen LogP contribution in [0.2, 0.25) is 0 Å². The highest BCUT2D eigenvalue weighted by atomic mass is 35.5. The van der Waals surface area contributed by atoms with Crippen molar-refractivity contribution in [2.24, 2.45) is 11.8 Å². The average molecular weight is 477 g/mol. The highest BCUT2D eigenvalue weighted by Gasteiger charge is 2.49. The number of ether oxygens (including phenoxy) is 1. The van der Waals surface area contributed by atoms with Crippen LogP contribution in [0.25, 0.3) is 0 Å². The Morgan fingerprint density at radius 3 is 2.29 bits per heavy atom. The van der Waals surface area contributed by atoms with Crippen LogP contribution >= 0.6 is 11.6 Å². The number of sulfone groups is 1. The van der Waals surface area contributed by atoms with Crippen molar-refractivity contribution in [1.29, 1.82) is 0 Å². The molecule has 0 aromatic rings. The minimum Gasteiger partial charge on any atom is -0.447 e. The van der Waals surface area contributed by atoms with Crippen molar-refractivity contribution in [2.45, 2.75) is 101 Å². The molecule has 7 nitrogen and oxygen atoms in total. The molecule has 0 bridgehead atoms. The maximum absolute atomic E-state index is 12.9. The zero-order valence-electron chi connectivity index (χ0n) is 19.3. The molecule has 1 heterocycles. The molecule has 0 N–H and O–H groups in total. The van der Waals surface area contributed by atoms with Crippen LogP contribution in [0.4, 0.5) is 4.79 Å². The van der Waals surface area contributed by atoms with Crippen molar-refractivity contribution >= 4 is 33.4 Å².